The van der Waals surface area contributed by atoms with Gasteiger partial charge in [-0.25, -0.2) is 0 Å². The van der Waals surface area contributed by atoms with E-state index in [1.165, 1.54) is 0 Å². The average Bonchev–Trinajstić information content (AvgIpc) is 2.87. The lowest BCUT2D eigenvalue weighted by Crippen LogP contribution is -2.21. The fourth-order valence-corrected chi connectivity index (χ4v) is 2.08. The van der Waals surface area contributed by atoms with Crippen molar-refractivity contribution in [2.45, 2.75) is 19.5 Å². The topological polar surface area (TPSA) is 69.3 Å². The lowest BCUT2D eigenvalue weighted by molar-refractivity contribution is -0.116. The fourth-order valence-electron chi connectivity index (χ4n) is 2.08. The molecule has 0 saturated carbocycles. The van der Waals surface area contributed by atoms with Crippen LogP contribution in [0, 0.1) is 0 Å². The Morgan fingerprint density at radius 1 is 1.35 bits per heavy atom. The van der Waals surface area contributed by atoms with Gasteiger partial charge < -0.3 is 20.4 Å². The normalized spacial score (nSPS) is 11.9. The maximum absolute atomic E-state index is 12.1. The van der Waals surface area contributed by atoms with Crippen molar-refractivity contribution in [3.63, 3.8) is 0 Å². The van der Waals surface area contributed by atoms with Gasteiger partial charge in [-0.15, -0.1) is 0 Å². The summed E-state index contributed by atoms with van der Waals surface area (Å²) in [5.74, 6) is 0.522. The third kappa shape index (κ3) is 3.19. The zero-order chi connectivity index (χ0) is 14.5. The maximum atomic E-state index is 12.1. The third-order valence-electron chi connectivity index (χ3n) is 3.03. The number of hydrogen-bond acceptors (Lipinski definition) is 3. The Kier molecular flexibility index (Phi) is 4.42. The molecule has 1 unspecified atom stereocenters. The number of para-hydroxylation sites is 2. The van der Waals surface area contributed by atoms with Gasteiger partial charge in [0, 0.05) is 17.9 Å². The highest BCUT2D eigenvalue weighted by atomic mass is 16.5. The summed E-state index contributed by atoms with van der Waals surface area (Å²) in [7, 11) is 1.57. The molecule has 2 rings (SSSR count). The van der Waals surface area contributed by atoms with Crippen molar-refractivity contribution in [1.29, 1.82) is 0 Å². The summed E-state index contributed by atoms with van der Waals surface area (Å²) in [6.07, 6.45) is 1.85. The van der Waals surface area contributed by atoms with Crippen LogP contribution in [0.3, 0.4) is 0 Å². The monoisotopic (exact) mass is 273 g/mol. The van der Waals surface area contributed by atoms with E-state index in [9.17, 15) is 4.79 Å². The van der Waals surface area contributed by atoms with Gasteiger partial charge >= 0.3 is 0 Å². The molecule has 2 aromatic rings. The molecule has 1 aromatic carbocycles. The molecule has 0 aliphatic rings. The SMILES string of the molecule is COc1ccccc1NC(=O)Cn1cccc1C(C)N. The summed E-state index contributed by atoms with van der Waals surface area (Å²) in [6.45, 7) is 2.12. The van der Waals surface area contributed by atoms with Crippen LogP contribution < -0.4 is 15.8 Å². The Balaban J connectivity index is 2.07. The molecule has 20 heavy (non-hydrogen) atoms. The molecule has 0 aliphatic carbocycles. The first-order valence-electron chi connectivity index (χ1n) is 6.45. The Hall–Kier alpha value is -2.27. The minimum atomic E-state index is -0.118. The van der Waals surface area contributed by atoms with E-state index in [-0.39, 0.29) is 18.5 Å². The lowest BCUT2D eigenvalue weighted by atomic mass is 10.2. The highest BCUT2D eigenvalue weighted by Gasteiger charge is 2.11. The van der Waals surface area contributed by atoms with Gasteiger partial charge in [0.05, 0.1) is 12.8 Å². The van der Waals surface area contributed by atoms with Gasteiger partial charge in [-0.3, -0.25) is 4.79 Å². The van der Waals surface area contributed by atoms with Crippen LogP contribution in [0.1, 0.15) is 18.7 Å². The number of aromatic nitrogens is 1. The molecular formula is C15H19N3O2. The molecule has 1 atom stereocenters. The van der Waals surface area contributed by atoms with Gasteiger partial charge in [0.2, 0.25) is 5.91 Å². The number of nitrogens with one attached hydrogen (secondary N) is 1. The number of anilines is 1. The van der Waals surface area contributed by atoms with Crippen molar-refractivity contribution in [3.05, 3.63) is 48.3 Å². The lowest BCUT2D eigenvalue weighted by Gasteiger charge is -2.13. The number of methoxy groups -OCH3 is 1. The summed E-state index contributed by atoms with van der Waals surface area (Å²) in [6, 6.07) is 11.0. The molecule has 0 spiro atoms. The summed E-state index contributed by atoms with van der Waals surface area (Å²) in [5, 5.41) is 2.84. The van der Waals surface area contributed by atoms with Crippen molar-refractivity contribution in [2.24, 2.45) is 5.73 Å². The second-order valence-corrected chi connectivity index (χ2v) is 4.60. The van der Waals surface area contributed by atoms with Crippen LogP contribution in [0.15, 0.2) is 42.6 Å². The highest BCUT2D eigenvalue weighted by molar-refractivity contribution is 5.92. The number of nitrogens with zero attached hydrogens (tertiary/aromatic N) is 1. The summed E-state index contributed by atoms with van der Waals surface area (Å²) >= 11 is 0. The van der Waals surface area contributed by atoms with Gasteiger partial charge in [-0.2, -0.15) is 0 Å². The van der Waals surface area contributed by atoms with Crippen LogP contribution in [-0.2, 0) is 11.3 Å². The van der Waals surface area contributed by atoms with Gasteiger partial charge in [0.15, 0.2) is 0 Å². The quantitative estimate of drug-likeness (QED) is 0.877. The molecule has 3 N–H and O–H groups in total. The smallest absolute Gasteiger partial charge is 0.244 e. The first-order valence-corrected chi connectivity index (χ1v) is 6.45. The van der Waals surface area contributed by atoms with Crippen molar-refractivity contribution in [2.75, 3.05) is 12.4 Å². The Labute approximate surface area is 118 Å². The number of benzene rings is 1. The number of amides is 1. The molecule has 1 amide bonds. The first-order chi connectivity index (χ1) is 9.61. The molecule has 106 valence electrons. The van der Waals surface area contributed by atoms with Crippen molar-refractivity contribution < 1.29 is 9.53 Å². The van der Waals surface area contributed by atoms with Crippen molar-refractivity contribution in [1.82, 2.24) is 4.57 Å². The Morgan fingerprint density at radius 3 is 2.80 bits per heavy atom. The maximum Gasteiger partial charge on any atom is 0.244 e. The van der Waals surface area contributed by atoms with E-state index in [1.54, 1.807) is 19.2 Å². The van der Waals surface area contributed by atoms with E-state index in [0.717, 1.165) is 5.69 Å². The van der Waals surface area contributed by atoms with E-state index < -0.39 is 0 Å². The van der Waals surface area contributed by atoms with Crippen LogP contribution in [0.2, 0.25) is 0 Å². The van der Waals surface area contributed by atoms with E-state index >= 15 is 0 Å². The van der Waals surface area contributed by atoms with Gasteiger partial charge in [-0.1, -0.05) is 12.1 Å². The molecule has 0 radical (unpaired) electrons. The van der Waals surface area contributed by atoms with Crippen LogP contribution >= 0.6 is 0 Å². The summed E-state index contributed by atoms with van der Waals surface area (Å²) in [5.41, 5.74) is 7.45. The third-order valence-corrected chi connectivity index (χ3v) is 3.03. The number of carbonyl (C=O) groups is 1. The highest BCUT2D eigenvalue weighted by Crippen LogP contribution is 2.23. The molecule has 1 heterocycles. The molecule has 5 heteroatoms. The predicted molar refractivity (Wildman–Crippen MR) is 78.7 cm³/mol. The van der Waals surface area contributed by atoms with Crippen molar-refractivity contribution >= 4 is 11.6 Å². The summed E-state index contributed by atoms with van der Waals surface area (Å²) < 4.78 is 7.04. The van der Waals surface area contributed by atoms with Crippen LogP contribution in [-0.4, -0.2) is 17.6 Å². The molecule has 1 aromatic heterocycles. The predicted octanol–water partition coefficient (Wildman–Crippen LogP) is 2.16. The van der Waals surface area contributed by atoms with Gasteiger partial charge in [-0.05, 0) is 31.2 Å². The number of nitrogens with two attached hydrogens (primary N) is 1. The number of rotatable bonds is 5. The minimum Gasteiger partial charge on any atom is -0.495 e. The molecule has 0 fully saturated rings. The van der Waals surface area contributed by atoms with Crippen molar-refractivity contribution in [3.8, 4) is 5.75 Å². The Bertz CT molecular complexity index is 590. The zero-order valence-electron chi connectivity index (χ0n) is 11.7. The van der Waals surface area contributed by atoms with E-state index in [2.05, 4.69) is 5.32 Å². The number of hydrogen-bond donors (Lipinski definition) is 2. The molecule has 0 bridgehead atoms. The molecule has 0 aliphatic heterocycles. The fraction of sp³-hybridized carbons (Fsp3) is 0.267. The molecule has 0 saturated heterocycles. The van der Waals surface area contributed by atoms with Crippen LogP contribution in [0.25, 0.3) is 0 Å². The second kappa shape index (κ2) is 6.25. The Morgan fingerprint density at radius 2 is 2.10 bits per heavy atom. The van der Waals surface area contributed by atoms with Gasteiger partial charge in [0.25, 0.3) is 0 Å². The first kappa shape index (κ1) is 14.1. The second-order valence-electron chi connectivity index (χ2n) is 4.60. The van der Waals surface area contributed by atoms with E-state index in [0.29, 0.717) is 11.4 Å². The minimum absolute atomic E-state index is 0.107. The molecular weight excluding hydrogens is 254 g/mol. The average molecular weight is 273 g/mol. The number of carbonyl (C=O) groups excluding carboxylic acids is 1. The van der Waals surface area contributed by atoms with Crippen LogP contribution in [0.5, 0.6) is 5.75 Å². The van der Waals surface area contributed by atoms with E-state index in [1.807, 2.05) is 42.0 Å². The molecule has 5 nitrogen and oxygen atoms in total. The standard InChI is InChI=1S/C15H19N3O2/c1-11(16)13-7-5-9-18(13)10-15(19)17-12-6-3-4-8-14(12)20-2/h3-9,11H,10,16H2,1-2H3,(H,17,19). The zero-order valence-corrected chi connectivity index (χ0v) is 11.7. The number of ether oxygens (including phenoxy) is 1. The largest absolute Gasteiger partial charge is 0.495 e. The van der Waals surface area contributed by atoms with Gasteiger partial charge in [0.1, 0.15) is 12.3 Å². The summed E-state index contributed by atoms with van der Waals surface area (Å²) in [4.78, 5) is 12.1. The van der Waals surface area contributed by atoms with E-state index in [4.69, 9.17) is 10.5 Å². The van der Waals surface area contributed by atoms with Crippen LogP contribution in [0.4, 0.5) is 5.69 Å².